The fourth-order valence-electron chi connectivity index (χ4n) is 5.02. The maximum absolute atomic E-state index is 14.0. The third-order valence-corrected chi connectivity index (χ3v) is 6.96. The lowest BCUT2D eigenvalue weighted by Crippen LogP contribution is -2.68. The van der Waals surface area contributed by atoms with E-state index in [1.54, 1.807) is 4.90 Å². The SMILES string of the molecule is CCN1C(=O)c2c(O)c(=O)c(C(=O)NCc3ccc(F)cc3F)cn2N2CCN(Cc3ccccc3)C[C@@H]12. The maximum atomic E-state index is 14.0. The molecule has 9 nitrogen and oxygen atoms in total. The van der Waals surface area contributed by atoms with E-state index in [9.17, 15) is 28.3 Å². The van der Waals surface area contributed by atoms with Gasteiger partial charge in [0.05, 0.1) is 0 Å². The monoisotopic (exact) mass is 523 g/mol. The molecule has 2 amide bonds. The molecular formula is C27H27F2N5O4. The number of rotatable bonds is 6. The average molecular weight is 524 g/mol. The van der Waals surface area contributed by atoms with Gasteiger partial charge in [-0.25, -0.2) is 8.78 Å². The average Bonchev–Trinajstić information content (AvgIpc) is 2.90. The van der Waals surface area contributed by atoms with Gasteiger partial charge in [0.1, 0.15) is 23.4 Å². The molecule has 3 heterocycles. The molecule has 2 aromatic carbocycles. The molecule has 0 unspecified atom stereocenters. The third kappa shape index (κ3) is 4.60. The number of nitrogens with zero attached hydrogens (tertiary/aromatic N) is 4. The van der Waals surface area contributed by atoms with Crippen LogP contribution in [0.3, 0.4) is 0 Å². The van der Waals surface area contributed by atoms with Crippen molar-refractivity contribution >= 4 is 11.8 Å². The molecule has 2 N–H and O–H groups in total. The molecule has 0 bridgehead atoms. The second-order valence-corrected chi connectivity index (χ2v) is 9.29. The summed E-state index contributed by atoms with van der Waals surface area (Å²) in [4.78, 5) is 43.0. The number of likely N-dealkylation sites (N-methyl/N-ethyl adjacent to an activating group) is 1. The minimum Gasteiger partial charge on any atom is -0.502 e. The number of pyridine rings is 1. The molecule has 11 heteroatoms. The van der Waals surface area contributed by atoms with Crippen LogP contribution in [0.25, 0.3) is 0 Å². The van der Waals surface area contributed by atoms with Crippen LogP contribution in [0.4, 0.5) is 8.78 Å². The van der Waals surface area contributed by atoms with Crippen molar-refractivity contribution in [1.82, 2.24) is 19.8 Å². The first-order valence-corrected chi connectivity index (χ1v) is 12.3. The molecule has 0 radical (unpaired) electrons. The van der Waals surface area contributed by atoms with Crippen LogP contribution in [0.2, 0.25) is 0 Å². The summed E-state index contributed by atoms with van der Waals surface area (Å²) in [7, 11) is 0. The number of amides is 2. The molecule has 1 aromatic heterocycles. The van der Waals surface area contributed by atoms with E-state index in [4.69, 9.17) is 0 Å². The fraction of sp³-hybridized carbons (Fsp3) is 0.296. The van der Waals surface area contributed by atoms with Gasteiger partial charge in [0, 0.05) is 57.1 Å². The molecule has 3 aromatic rings. The van der Waals surface area contributed by atoms with Gasteiger partial charge in [0.25, 0.3) is 11.8 Å². The van der Waals surface area contributed by atoms with Gasteiger partial charge in [-0.2, -0.15) is 0 Å². The van der Waals surface area contributed by atoms with Crippen LogP contribution in [0.15, 0.2) is 59.5 Å². The lowest BCUT2D eigenvalue weighted by molar-refractivity contribution is 0.0413. The van der Waals surface area contributed by atoms with Crippen LogP contribution in [-0.2, 0) is 13.1 Å². The number of hydrogen-bond acceptors (Lipinski definition) is 6. The van der Waals surface area contributed by atoms with Gasteiger partial charge in [-0.3, -0.25) is 29.0 Å². The lowest BCUT2D eigenvalue weighted by Gasteiger charge is -2.51. The van der Waals surface area contributed by atoms with Gasteiger partial charge in [-0.05, 0) is 18.6 Å². The Kier molecular flexibility index (Phi) is 6.85. The van der Waals surface area contributed by atoms with Crippen molar-refractivity contribution in [2.24, 2.45) is 0 Å². The summed E-state index contributed by atoms with van der Waals surface area (Å²) in [5.41, 5.74) is -0.420. The predicted octanol–water partition coefficient (Wildman–Crippen LogP) is 2.02. The van der Waals surface area contributed by atoms with E-state index in [1.165, 1.54) is 16.9 Å². The van der Waals surface area contributed by atoms with Crippen molar-refractivity contribution in [3.63, 3.8) is 0 Å². The Bertz CT molecular complexity index is 1450. The van der Waals surface area contributed by atoms with Gasteiger partial charge < -0.3 is 15.3 Å². The van der Waals surface area contributed by atoms with Crippen LogP contribution < -0.4 is 15.8 Å². The summed E-state index contributed by atoms with van der Waals surface area (Å²) in [5, 5.41) is 15.1. The number of aromatic nitrogens is 1. The molecule has 0 saturated carbocycles. The minimum absolute atomic E-state index is 0.0328. The standard InChI is InChI=1S/C27H27F2N5O4/c1-2-32-22-16-31(14-17-6-4-3-5-7-17)10-11-33(22)34-15-20(24(35)25(36)23(34)27(32)38)26(37)30-13-18-8-9-19(28)12-21(18)29/h3-9,12,15,22,36H,2,10-11,13-14,16H2,1H3,(H,30,37)/t22-/m0/s1. The fourth-order valence-corrected chi connectivity index (χ4v) is 5.02. The number of nitrogens with one attached hydrogen (secondary N) is 1. The van der Waals surface area contributed by atoms with E-state index in [2.05, 4.69) is 10.2 Å². The molecule has 0 aliphatic carbocycles. The highest BCUT2D eigenvalue weighted by Crippen LogP contribution is 2.27. The summed E-state index contributed by atoms with van der Waals surface area (Å²) in [5.74, 6) is -3.77. The Labute approximate surface area is 217 Å². The van der Waals surface area contributed by atoms with Gasteiger partial charge >= 0.3 is 0 Å². The van der Waals surface area contributed by atoms with E-state index in [0.29, 0.717) is 38.8 Å². The lowest BCUT2D eigenvalue weighted by atomic mass is 10.1. The summed E-state index contributed by atoms with van der Waals surface area (Å²) in [6, 6.07) is 12.9. The Balaban J connectivity index is 1.43. The molecule has 2 aliphatic rings. The number of aromatic hydroxyl groups is 1. The van der Waals surface area contributed by atoms with Crippen molar-refractivity contribution in [2.75, 3.05) is 31.2 Å². The Hall–Kier alpha value is -4.25. The Morgan fingerprint density at radius 3 is 2.58 bits per heavy atom. The quantitative estimate of drug-likeness (QED) is 0.513. The van der Waals surface area contributed by atoms with Crippen molar-refractivity contribution in [3.8, 4) is 5.75 Å². The molecule has 38 heavy (non-hydrogen) atoms. The first-order valence-electron chi connectivity index (χ1n) is 12.3. The zero-order valence-corrected chi connectivity index (χ0v) is 20.7. The van der Waals surface area contributed by atoms with Crippen LogP contribution in [0.5, 0.6) is 5.75 Å². The van der Waals surface area contributed by atoms with Crippen LogP contribution in [0, 0.1) is 11.6 Å². The Morgan fingerprint density at radius 2 is 1.87 bits per heavy atom. The van der Waals surface area contributed by atoms with Gasteiger partial charge in [-0.15, -0.1) is 0 Å². The molecule has 2 aliphatic heterocycles. The molecule has 198 valence electrons. The largest absolute Gasteiger partial charge is 0.502 e. The number of piperazine rings is 1. The first-order chi connectivity index (χ1) is 18.3. The van der Waals surface area contributed by atoms with Crippen LogP contribution >= 0.6 is 0 Å². The van der Waals surface area contributed by atoms with Crippen LogP contribution in [0.1, 0.15) is 38.9 Å². The van der Waals surface area contributed by atoms with E-state index in [0.717, 1.165) is 11.6 Å². The highest BCUT2D eigenvalue weighted by atomic mass is 19.1. The molecule has 1 saturated heterocycles. The van der Waals surface area contributed by atoms with Crippen molar-refractivity contribution in [3.05, 3.63) is 99.0 Å². The molecule has 0 spiro atoms. The number of fused-ring (bicyclic) bond motifs is 3. The van der Waals surface area contributed by atoms with Crippen molar-refractivity contribution in [2.45, 2.75) is 26.2 Å². The first kappa shape index (κ1) is 25.4. The van der Waals surface area contributed by atoms with Gasteiger partial charge in [0.2, 0.25) is 5.43 Å². The summed E-state index contributed by atoms with van der Waals surface area (Å²) in [6.45, 7) is 4.23. The minimum atomic E-state index is -1.00. The van der Waals surface area contributed by atoms with E-state index in [1.807, 2.05) is 42.3 Å². The van der Waals surface area contributed by atoms with Gasteiger partial charge in [0.15, 0.2) is 11.4 Å². The smallest absolute Gasteiger partial charge is 0.278 e. The topological polar surface area (TPSA) is 98.1 Å². The van der Waals surface area contributed by atoms with Gasteiger partial charge in [-0.1, -0.05) is 36.4 Å². The number of carbonyl (C=O) groups excluding carboxylic acids is 2. The molecule has 1 fully saturated rings. The number of hydrogen-bond donors (Lipinski definition) is 2. The molecule has 5 rings (SSSR count). The summed E-state index contributed by atoms with van der Waals surface area (Å²) < 4.78 is 28.6. The second-order valence-electron chi connectivity index (χ2n) is 9.29. The van der Waals surface area contributed by atoms with Crippen molar-refractivity contribution < 1.29 is 23.5 Å². The van der Waals surface area contributed by atoms with E-state index < -0.39 is 40.2 Å². The normalized spacial score (nSPS) is 17.2. The zero-order chi connectivity index (χ0) is 27.0. The van der Waals surface area contributed by atoms with Crippen LogP contribution in [-0.4, -0.2) is 63.7 Å². The molecular weight excluding hydrogens is 496 g/mol. The second kappa shape index (κ2) is 10.3. The zero-order valence-electron chi connectivity index (χ0n) is 20.7. The highest BCUT2D eigenvalue weighted by Gasteiger charge is 2.42. The van der Waals surface area contributed by atoms with Crippen molar-refractivity contribution in [1.29, 1.82) is 0 Å². The Morgan fingerprint density at radius 1 is 1.11 bits per heavy atom. The number of carbonyl (C=O) groups is 2. The molecule has 1 atom stereocenters. The highest BCUT2D eigenvalue weighted by molar-refractivity contribution is 5.99. The van der Waals surface area contributed by atoms with E-state index in [-0.39, 0.29) is 24.0 Å². The predicted molar refractivity (Wildman–Crippen MR) is 135 cm³/mol. The number of benzene rings is 2. The van der Waals surface area contributed by atoms with E-state index >= 15 is 0 Å². The summed E-state index contributed by atoms with van der Waals surface area (Å²) >= 11 is 0. The summed E-state index contributed by atoms with van der Waals surface area (Å²) in [6.07, 6.45) is 0.863. The maximum Gasteiger partial charge on any atom is 0.278 e. The number of halogens is 2. The third-order valence-electron chi connectivity index (χ3n) is 6.96.